The van der Waals surface area contributed by atoms with Gasteiger partial charge in [-0.3, -0.25) is 0 Å². The van der Waals surface area contributed by atoms with Crippen molar-refractivity contribution in [3.05, 3.63) is 22.2 Å². The Morgan fingerprint density at radius 1 is 1.19 bits per heavy atom. The molecule has 1 saturated carbocycles. The Morgan fingerprint density at radius 2 is 1.95 bits per heavy atom. The van der Waals surface area contributed by atoms with Crippen molar-refractivity contribution in [1.82, 2.24) is 5.32 Å². The van der Waals surface area contributed by atoms with Crippen LogP contribution in [0.2, 0.25) is 0 Å². The second kappa shape index (κ2) is 7.01. The number of rotatable bonds is 5. The van der Waals surface area contributed by atoms with Crippen LogP contribution in [0.25, 0.3) is 0 Å². The van der Waals surface area contributed by atoms with Crippen molar-refractivity contribution in [3.8, 4) is 11.5 Å². The average Bonchev–Trinajstić information content (AvgIpc) is 2.45. The Hall–Kier alpha value is -0.740. The van der Waals surface area contributed by atoms with E-state index >= 15 is 0 Å². The number of benzene rings is 1. The SMILES string of the molecule is COc1cc(Br)cc(CC2CCNCC2)c1OC1CCC1. The monoisotopic (exact) mass is 353 g/mol. The highest BCUT2D eigenvalue weighted by Crippen LogP contribution is 2.39. The van der Waals surface area contributed by atoms with E-state index in [2.05, 4.69) is 27.3 Å². The summed E-state index contributed by atoms with van der Waals surface area (Å²) >= 11 is 3.60. The van der Waals surface area contributed by atoms with Gasteiger partial charge in [0, 0.05) is 4.47 Å². The number of hydrogen-bond donors (Lipinski definition) is 1. The number of ether oxygens (including phenoxy) is 2. The normalized spacial score (nSPS) is 20.1. The van der Waals surface area contributed by atoms with Gasteiger partial charge in [0.1, 0.15) is 0 Å². The lowest BCUT2D eigenvalue weighted by atomic mass is 9.90. The molecule has 3 rings (SSSR count). The summed E-state index contributed by atoms with van der Waals surface area (Å²) < 4.78 is 12.9. The molecule has 1 N–H and O–H groups in total. The minimum absolute atomic E-state index is 0.381. The molecule has 1 aromatic carbocycles. The molecule has 1 aliphatic heterocycles. The first kappa shape index (κ1) is 15.2. The van der Waals surface area contributed by atoms with E-state index in [0.717, 1.165) is 41.4 Å². The van der Waals surface area contributed by atoms with Gasteiger partial charge in [0.2, 0.25) is 0 Å². The van der Waals surface area contributed by atoms with Crippen molar-refractivity contribution in [2.75, 3.05) is 20.2 Å². The van der Waals surface area contributed by atoms with E-state index in [1.165, 1.54) is 37.7 Å². The van der Waals surface area contributed by atoms with Crippen LogP contribution >= 0.6 is 15.9 Å². The number of halogens is 1. The summed E-state index contributed by atoms with van der Waals surface area (Å²) in [5, 5.41) is 3.43. The predicted octanol–water partition coefficient (Wildman–Crippen LogP) is 3.93. The van der Waals surface area contributed by atoms with E-state index < -0.39 is 0 Å². The molecule has 116 valence electrons. The predicted molar refractivity (Wildman–Crippen MR) is 88.3 cm³/mol. The van der Waals surface area contributed by atoms with Gasteiger partial charge in [0.05, 0.1) is 13.2 Å². The summed E-state index contributed by atoms with van der Waals surface area (Å²) in [5.74, 6) is 2.58. The second-order valence-corrected chi connectivity index (χ2v) is 7.08. The van der Waals surface area contributed by atoms with Gasteiger partial charge in [0.25, 0.3) is 0 Å². The van der Waals surface area contributed by atoms with Crippen LogP contribution in [-0.4, -0.2) is 26.3 Å². The summed E-state index contributed by atoms with van der Waals surface area (Å²) in [6, 6.07) is 4.22. The van der Waals surface area contributed by atoms with Crippen molar-refractivity contribution in [2.45, 2.75) is 44.6 Å². The van der Waals surface area contributed by atoms with E-state index in [-0.39, 0.29) is 0 Å². The van der Waals surface area contributed by atoms with Gasteiger partial charge in [0.15, 0.2) is 11.5 Å². The van der Waals surface area contributed by atoms with Gasteiger partial charge in [-0.1, -0.05) is 15.9 Å². The van der Waals surface area contributed by atoms with Gasteiger partial charge in [-0.15, -0.1) is 0 Å². The van der Waals surface area contributed by atoms with Crippen molar-refractivity contribution in [3.63, 3.8) is 0 Å². The topological polar surface area (TPSA) is 30.5 Å². The van der Waals surface area contributed by atoms with Gasteiger partial charge in [-0.25, -0.2) is 0 Å². The van der Waals surface area contributed by atoms with Crippen molar-refractivity contribution in [1.29, 1.82) is 0 Å². The molecule has 1 aliphatic carbocycles. The van der Waals surface area contributed by atoms with Crippen LogP contribution in [0, 0.1) is 5.92 Å². The Balaban J connectivity index is 1.82. The van der Waals surface area contributed by atoms with Crippen LogP contribution in [-0.2, 0) is 6.42 Å². The molecule has 0 bridgehead atoms. The minimum atomic E-state index is 0.381. The molecule has 21 heavy (non-hydrogen) atoms. The van der Waals surface area contributed by atoms with Crippen LogP contribution in [0.3, 0.4) is 0 Å². The third kappa shape index (κ3) is 3.72. The van der Waals surface area contributed by atoms with Crippen molar-refractivity contribution >= 4 is 15.9 Å². The molecule has 4 heteroatoms. The Kier molecular flexibility index (Phi) is 5.07. The van der Waals surface area contributed by atoms with Crippen LogP contribution in [0.15, 0.2) is 16.6 Å². The highest BCUT2D eigenvalue weighted by molar-refractivity contribution is 9.10. The van der Waals surface area contributed by atoms with Crippen LogP contribution in [0.4, 0.5) is 0 Å². The van der Waals surface area contributed by atoms with Gasteiger partial charge < -0.3 is 14.8 Å². The molecule has 0 unspecified atom stereocenters. The lowest BCUT2D eigenvalue weighted by Crippen LogP contribution is -2.29. The first-order valence-corrected chi connectivity index (χ1v) is 8.79. The molecule has 0 atom stereocenters. The zero-order valence-electron chi connectivity index (χ0n) is 12.7. The Labute approximate surface area is 135 Å². The summed E-state index contributed by atoms with van der Waals surface area (Å²) in [6.07, 6.45) is 7.59. The molecule has 0 aromatic heterocycles. The minimum Gasteiger partial charge on any atom is -0.493 e. The lowest BCUT2D eigenvalue weighted by molar-refractivity contribution is 0.114. The maximum atomic E-state index is 6.24. The fourth-order valence-electron chi connectivity index (χ4n) is 3.11. The molecule has 3 nitrogen and oxygen atoms in total. The maximum Gasteiger partial charge on any atom is 0.164 e. The summed E-state index contributed by atoms with van der Waals surface area (Å²) in [5.41, 5.74) is 1.29. The van der Waals surface area contributed by atoms with Gasteiger partial charge >= 0.3 is 0 Å². The smallest absolute Gasteiger partial charge is 0.164 e. The third-order valence-electron chi connectivity index (χ3n) is 4.62. The molecule has 1 aromatic rings. The van der Waals surface area contributed by atoms with Crippen molar-refractivity contribution in [2.24, 2.45) is 5.92 Å². The van der Waals surface area contributed by atoms with Crippen LogP contribution in [0.1, 0.15) is 37.7 Å². The molecule has 2 aliphatic rings. The quantitative estimate of drug-likeness (QED) is 0.869. The molecule has 1 saturated heterocycles. The molecule has 0 spiro atoms. The first-order chi connectivity index (χ1) is 10.3. The standard InChI is InChI=1S/C17H24BrNO2/c1-20-16-11-14(18)10-13(9-12-5-7-19-8-6-12)17(16)21-15-3-2-4-15/h10-12,15,19H,2-9H2,1H3. The number of nitrogens with one attached hydrogen (secondary N) is 1. The highest BCUT2D eigenvalue weighted by atomic mass is 79.9. The average molecular weight is 354 g/mol. The molecule has 0 radical (unpaired) electrons. The van der Waals surface area contributed by atoms with E-state index in [0.29, 0.717) is 6.10 Å². The maximum absolute atomic E-state index is 6.24. The third-order valence-corrected chi connectivity index (χ3v) is 5.08. The first-order valence-electron chi connectivity index (χ1n) is 8.00. The molecular formula is C17H24BrNO2. The Morgan fingerprint density at radius 3 is 2.57 bits per heavy atom. The summed E-state index contributed by atoms with van der Waals surface area (Å²) in [7, 11) is 1.73. The van der Waals surface area contributed by atoms with Gasteiger partial charge in [-0.2, -0.15) is 0 Å². The molecule has 2 fully saturated rings. The van der Waals surface area contributed by atoms with Crippen molar-refractivity contribution < 1.29 is 9.47 Å². The number of piperidine rings is 1. The van der Waals surface area contributed by atoms with Crippen LogP contribution in [0.5, 0.6) is 11.5 Å². The largest absolute Gasteiger partial charge is 0.493 e. The summed E-state index contributed by atoms with van der Waals surface area (Å²) in [4.78, 5) is 0. The second-order valence-electron chi connectivity index (χ2n) is 6.16. The molecule has 0 amide bonds. The van der Waals surface area contributed by atoms with E-state index in [9.17, 15) is 0 Å². The summed E-state index contributed by atoms with van der Waals surface area (Å²) in [6.45, 7) is 2.27. The number of hydrogen-bond acceptors (Lipinski definition) is 3. The van der Waals surface area contributed by atoms with Gasteiger partial charge in [-0.05, 0) is 75.2 Å². The Bertz CT molecular complexity index is 482. The zero-order valence-corrected chi connectivity index (χ0v) is 14.2. The fraction of sp³-hybridized carbons (Fsp3) is 0.647. The zero-order chi connectivity index (χ0) is 14.7. The van der Waals surface area contributed by atoms with E-state index in [1.54, 1.807) is 7.11 Å². The number of methoxy groups -OCH3 is 1. The van der Waals surface area contributed by atoms with Crippen LogP contribution < -0.4 is 14.8 Å². The van der Waals surface area contributed by atoms with E-state index in [4.69, 9.17) is 9.47 Å². The lowest BCUT2D eigenvalue weighted by Gasteiger charge is -2.30. The molecule has 1 heterocycles. The highest BCUT2D eigenvalue weighted by Gasteiger charge is 2.24. The fourth-order valence-corrected chi connectivity index (χ4v) is 3.60. The molecular weight excluding hydrogens is 330 g/mol. The van der Waals surface area contributed by atoms with E-state index in [1.807, 2.05) is 6.07 Å².